The van der Waals surface area contributed by atoms with Crippen molar-refractivity contribution < 1.29 is 19.0 Å². The van der Waals surface area contributed by atoms with Gasteiger partial charge in [-0.1, -0.05) is 0 Å². The third-order valence-corrected chi connectivity index (χ3v) is 2.63. The van der Waals surface area contributed by atoms with Crippen molar-refractivity contribution in [3.63, 3.8) is 0 Å². The van der Waals surface area contributed by atoms with Gasteiger partial charge in [-0.25, -0.2) is 4.39 Å². The number of carboxylic acid groups (broad SMARTS) is 1. The Balaban J connectivity index is 3.50. The Hall–Kier alpha value is -1.58. The highest BCUT2D eigenvalue weighted by molar-refractivity contribution is 5.77. The third-order valence-electron chi connectivity index (χ3n) is 2.63. The number of carbonyl (C=O) groups is 1. The summed E-state index contributed by atoms with van der Waals surface area (Å²) in [6.45, 7) is 4.82. The molecule has 1 aromatic carbocycles. The van der Waals surface area contributed by atoms with Gasteiger partial charge < -0.3 is 9.84 Å². The van der Waals surface area contributed by atoms with Crippen LogP contribution in [0.5, 0.6) is 5.75 Å². The largest absolute Gasteiger partial charge is 0.496 e. The molecule has 0 bridgehead atoms. The van der Waals surface area contributed by atoms with Crippen LogP contribution in [0.1, 0.15) is 29.5 Å². The van der Waals surface area contributed by atoms with Crippen LogP contribution in [0.25, 0.3) is 0 Å². The van der Waals surface area contributed by atoms with Crippen LogP contribution in [0.15, 0.2) is 6.07 Å². The molecule has 88 valence electrons. The first kappa shape index (κ1) is 12.5. The Morgan fingerprint density at radius 3 is 2.44 bits per heavy atom. The van der Waals surface area contributed by atoms with Crippen LogP contribution in [0.2, 0.25) is 0 Å². The van der Waals surface area contributed by atoms with Gasteiger partial charge in [-0.05, 0) is 38.0 Å². The maximum absolute atomic E-state index is 13.9. The van der Waals surface area contributed by atoms with Crippen molar-refractivity contribution in [3.8, 4) is 5.75 Å². The first-order chi connectivity index (χ1) is 7.40. The van der Waals surface area contributed by atoms with E-state index in [1.807, 2.05) is 0 Å². The molecule has 0 saturated heterocycles. The fourth-order valence-corrected chi connectivity index (χ4v) is 1.76. The van der Waals surface area contributed by atoms with Crippen LogP contribution in [-0.4, -0.2) is 18.2 Å². The summed E-state index contributed by atoms with van der Waals surface area (Å²) >= 11 is 0. The van der Waals surface area contributed by atoms with Crippen molar-refractivity contribution in [2.24, 2.45) is 0 Å². The van der Waals surface area contributed by atoms with Gasteiger partial charge in [0, 0.05) is 5.56 Å². The first-order valence-electron chi connectivity index (χ1n) is 4.96. The van der Waals surface area contributed by atoms with E-state index in [1.54, 1.807) is 19.9 Å². The van der Waals surface area contributed by atoms with E-state index in [0.29, 0.717) is 11.3 Å². The van der Waals surface area contributed by atoms with Gasteiger partial charge in [-0.3, -0.25) is 4.79 Å². The molecule has 0 heterocycles. The lowest BCUT2D eigenvalue weighted by molar-refractivity contribution is -0.138. The molecule has 0 aliphatic heterocycles. The lowest BCUT2D eigenvalue weighted by Gasteiger charge is -2.17. The molecule has 1 N–H and O–H groups in total. The van der Waals surface area contributed by atoms with Crippen LogP contribution in [0.3, 0.4) is 0 Å². The summed E-state index contributed by atoms with van der Waals surface area (Å²) in [4.78, 5) is 10.9. The molecule has 1 atom stereocenters. The fraction of sp³-hybridized carbons (Fsp3) is 0.417. The van der Waals surface area contributed by atoms with Gasteiger partial charge in [0.2, 0.25) is 0 Å². The van der Waals surface area contributed by atoms with Crippen molar-refractivity contribution in [2.75, 3.05) is 7.11 Å². The van der Waals surface area contributed by atoms with E-state index in [1.165, 1.54) is 14.0 Å². The lowest BCUT2D eigenvalue weighted by Crippen LogP contribution is -2.12. The van der Waals surface area contributed by atoms with Gasteiger partial charge in [-0.2, -0.15) is 0 Å². The van der Waals surface area contributed by atoms with E-state index in [-0.39, 0.29) is 5.56 Å². The van der Waals surface area contributed by atoms with E-state index < -0.39 is 17.7 Å². The van der Waals surface area contributed by atoms with E-state index in [0.717, 1.165) is 5.56 Å². The third kappa shape index (κ3) is 2.01. The van der Waals surface area contributed by atoms with Crippen LogP contribution in [0, 0.1) is 19.7 Å². The summed E-state index contributed by atoms with van der Waals surface area (Å²) in [6, 6.07) is 1.65. The molecule has 0 aromatic heterocycles. The topological polar surface area (TPSA) is 46.5 Å². The maximum Gasteiger partial charge on any atom is 0.310 e. The quantitative estimate of drug-likeness (QED) is 0.861. The minimum absolute atomic E-state index is 0.118. The Bertz CT molecular complexity index is 427. The molecule has 0 spiro atoms. The molecular weight excluding hydrogens is 211 g/mol. The molecule has 1 unspecified atom stereocenters. The number of rotatable bonds is 3. The summed E-state index contributed by atoms with van der Waals surface area (Å²) in [5, 5.41) is 8.94. The number of aliphatic carboxylic acids is 1. The van der Waals surface area contributed by atoms with E-state index in [4.69, 9.17) is 9.84 Å². The predicted octanol–water partition coefficient (Wildman–Crippen LogP) is 2.64. The molecule has 3 nitrogen and oxygen atoms in total. The summed E-state index contributed by atoms with van der Waals surface area (Å²) in [6.07, 6.45) is 0. The van der Waals surface area contributed by atoms with Crippen molar-refractivity contribution >= 4 is 5.97 Å². The second-order valence-corrected chi connectivity index (χ2v) is 3.83. The number of aryl methyl sites for hydroxylation is 2. The van der Waals surface area contributed by atoms with Gasteiger partial charge in [-0.15, -0.1) is 0 Å². The lowest BCUT2D eigenvalue weighted by atomic mass is 9.94. The monoisotopic (exact) mass is 226 g/mol. The van der Waals surface area contributed by atoms with Crippen molar-refractivity contribution in [2.45, 2.75) is 26.7 Å². The van der Waals surface area contributed by atoms with Crippen LogP contribution in [-0.2, 0) is 4.79 Å². The zero-order chi connectivity index (χ0) is 12.5. The number of halogens is 1. The Morgan fingerprint density at radius 1 is 1.44 bits per heavy atom. The molecule has 0 radical (unpaired) electrons. The molecule has 0 amide bonds. The highest BCUT2D eigenvalue weighted by atomic mass is 19.1. The highest BCUT2D eigenvalue weighted by Crippen LogP contribution is 2.34. The number of carboxylic acids is 1. The first-order valence-corrected chi connectivity index (χ1v) is 4.96. The van der Waals surface area contributed by atoms with Crippen LogP contribution >= 0.6 is 0 Å². The van der Waals surface area contributed by atoms with Gasteiger partial charge in [0.1, 0.15) is 11.6 Å². The molecule has 0 fully saturated rings. The second kappa shape index (κ2) is 4.51. The summed E-state index contributed by atoms with van der Waals surface area (Å²) < 4.78 is 19.0. The fourth-order valence-electron chi connectivity index (χ4n) is 1.76. The van der Waals surface area contributed by atoms with Crippen molar-refractivity contribution in [3.05, 3.63) is 28.6 Å². The van der Waals surface area contributed by atoms with Crippen LogP contribution in [0.4, 0.5) is 4.39 Å². The average molecular weight is 226 g/mol. The standard InChI is InChI=1S/C12H15FO3/c1-6-5-7(2)11(16-4)9(10(6)13)8(3)12(14)15/h5,8H,1-4H3,(H,14,15). The molecule has 1 aromatic rings. The summed E-state index contributed by atoms with van der Waals surface area (Å²) in [7, 11) is 1.41. The molecule has 0 saturated carbocycles. The number of methoxy groups -OCH3 is 1. The zero-order valence-electron chi connectivity index (χ0n) is 9.80. The van der Waals surface area contributed by atoms with Gasteiger partial charge in [0.05, 0.1) is 13.0 Å². The van der Waals surface area contributed by atoms with E-state index >= 15 is 0 Å². The van der Waals surface area contributed by atoms with Crippen molar-refractivity contribution in [1.29, 1.82) is 0 Å². The van der Waals surface area contributed by atoms with Crippen LogP contribution < -0.4 is 4.74 Å². The highest BCUT2D eigenvalue weighted by Gasteiger charge is 2.25. The number of hydrogen-bond donors (Lipinski definition) is 1. The molecular formula is C12H15FO3. The number of benzene rings is 1. The Labute approximate surface area is 93.9 Å². The summed E-state index contributed by atoms with van der Waals surface area (Å²) in [5.41, 5.74) is 1.29. The average Bonchev–Trinajstić information content (AvgIpc) is 2.21. The number of hydrogen-bond acceptors (Lipinski definition) is 2. The normalized spacial score (nSPS) is 12.3. The second-order valence-electron chi connectivity index (χ2n) is 3.83. The molecule has 16 heavy (non-hydrogen) atoms. The zero-order valence-corrected chi connectivity index (χ0v) is 9.80. The smallest absolute Gasteiger partial charge is 0.310 e. The molecule has 4 heteroatoms. The van der Waals surface area contributed by atoms with Gasteiger partial charge >= 0.3 is 5.97 Å². The molecule has 0 aliphatic carbocycles. The Kier molecular flexibility index (Phi) is 3.52. The Morgan fingerprint density at radius 2 is 2.00 bits per heavy atom. The SMILES string of the molecule is COc1c(C)cc(C)c(F)c1C(C)C(=O)O. The summed E-state index contributed by atoms with van der Waals surface area (Å²) in [5.74, 6) is -2.17. The number of ether oxygens (including phenoxy) is 1. The van der Waals surface area contributed by atoms with E-state index in [9.17, 15) is 9.18 Å². The minimum atomic E-state index is -1.07. The van der Waals surface area contributed by atoms with E-state index in [2.05, 4.69) is 0 Å². The maximum atomic E-state index is 13.9. The molecule has 1 rings (SSSR count). The predicted molar refractivity (Wildman–Crippen MR) is 58.5 cm³/mol. The van der Waals surface area contributed by atoms with Gasteiger partial charge in [0.15, 0.2) is 0 Å². The molecule has 0 aliphatic rings. The van der Waals surface area contributed by atoms with Crippen molar-refractivity contribution in [1.82, 2.24) is 0 Å². The van der Waals surface area contributed by atoms with Gasteiger partial charge in [0.25, 0.3) is 0 Å². The minimum Gasteiger partial charge on any atom is -0.496 e.